The van der Waals surface area contributed by atoms with Crippen LogP contribution in [-0.2, 0) is 13.0 Å². The number of anilines is 1. The van der Waals surface area contributed by atoms with Crippen molar-refractivity contribution in [3.05, 3.63) is 91.8 Å². The van der Waals surface area contributed by atoms with Gasteiger partial charge in [0.1, 0.15) is 23.7 Å². The zero-order valence-corrected chi connectivity index (χ0v) is 16.2. The number of H-pyrrole nitrogens is 2. The van der Waals surface area contributed by atoms with Crippen LogP contribution in [0.1, 0.15) is 46.1 Å². The van der Waals surface area contributed by atoms with Gasteiger partial charge in [-0.25, -0.2) is 4.79 Å². The Hall–Kier alpha value is -3.81. The third-order valence-electron chi connectivity index (χ3n) is 5.21. The van der Waals surface area contributed by atoms with Gasteiger partial charge in [-0.2, -0.15) is 0 Å². The molecule has 3 aromatic rings. The number of nitrogen functional groups attached to an aromatic ring is 1. The first kappa shape index (κ1) is 19.5. The van der Waals surface area contributed by atoms with E-state index < -0.39 is 17.2 Å². The lowest BCUT2D eigenvalue weighted by Gasteiger charge is -2.28. The fourth-order valence-corrected chi connectivity index (χ4v) is 3.74. The molecule has 1 aliphatic carbocycles. The maximum atomic E-state index is 12.7. The van der Waals surface area contributed by atoms with Crippen LogP contribution in [0.4, 0.5) is 5.69 Å². The highest BCUT2D eigenvalue weighted by molar-refractivity contribution is 5.97. The molecule has 0 saturated heterocycles. The Morgan fingerprint density at radius 2 is 1.90 bits per heavy atom. The highest BCUT2D eigenvalue weighted by atomic mass is 16.5. The van der Waals surface area contributed by atoms with Crippen LogP contribution < -0.4 is 27.0 Å². The number of fused-ring (bicyclic) bond motifs is 1. The summed E-state index contributed by atoms with van der Waals surface area (Å²) in [6, 6.07) is 15.4. The van der Waals surface area contributed by atoms with E-state index in [1.165, 1.54) is 0 Å². The number of nitrogens with one attached hydrogen (secondary N) is 3. The van der Waals surface area contributed by atoms with E-state index in [0.717, 1.165) is 41.7 Å². The van der Waals surface area contributed by atoms with E-state index in [4.69, 9.17) is 10.5 Å². The molecule has 0 aliphatic heterocycles. The summed E-state index contributed by atoms with van der Waals surface area (Å²) in [6.07, 6.45) is 2.44. The van der Waals surface area contributed by atoms with Crippen molar-refractivity contribution in [3.63, 3.8) is 0 Å². The van der Waals surface area contributed by atoms with E-state index in [-0.39, 0.29) is 17.4 Å². The Labute approximate surface area is 172 Å². The highest BCUT2D eigenvalue weighted by Crippen LogP contribution is 2.35. The number of hydrogen-bond donors (Lipinski definition) is 4. The molecule has 1 heterocycles. The van der Waals surface area contributed by atoms with E-state index in [0.29, 0.717) is 6.61 Å². The van der Waals surface area contributed by atoms with Crippen LogP contribution in [0.15, 0.2) is 58.1 Å². The molecule has 0 unspecified atom stereocenters. The average molecular weight is 406 g/mol. The van der Waals surface area contributed by atoms with Gasteiger partial charge in [0.2, 0.25) is 0 Å². The van der Waals surface area contributed by atoms with Gasteiger partial charge in [0.05, 0.1) is 6.04 Å². The predicted octanol–water partition coefficient (Wildman–Crippen LogP) is 2.03. The van der Waals surface area contributed by atoms with Crippen molar-refractivity contribution in [2.45, 2.75) is 31.9 Å². The first-order valence-corrected chi connectivity index (χ1v) is 9.74. The van der Waals surface area contributed by atoms with Gasteiger partial charge in [-0.05, 0) is 42.0 Å². The molecule has 0 bridgehead atoms. The van der Waals surface area contributed by atoms with Crippen molar-refractivity contribution in [2.24, 2.45) is 0 Å². The number of rotatable bonds is 5. The van der Waals surface area contributed by atoms with E-state index >= 15 is 0 Å². The molecular weight excluding hydrogens is 384 g/mol. The second-order valence-electron chi connectivity index (χ2n) is 7.21. The number of amides is 1. The van der Waals surface area contributed by atoms with Gasteiger partial charge in [-0.1, -0.05) is 42.5 Å². The molecule has 4 rings (SSSR count). The maximum absolute atomic E-state index is 12.7. The number of carbonyl (C=O) groups is 1. The number of aromatic nitrogens is 2. The highest BCUT2D eigenvalue weighted by Gasteiger charge is 2.26. The number of ether oxygens (including phenoxy) is 1. The molecule has 0 spiro atoms. The molecule has 1 aliphatic rings. The maximum Gasteiger partial charge on any atom is 0.326 e. The smallest absolute Gasteiger partial charge is 0.326 e. The molecule has 30 heavy (non-hydrogen) atoms. The molecule has 5 N–H and O–H groups in total. The van der Waals surface area contributed by atoms with Gasteiger partial charge in [0.15, 0.2) is 0 Å². The molecule has 1 aromatic heterocycles. The first-order valence-electron chi connectivity index (χ1n) is 9.74. The van der Waals surface area contributed by atoms with Crippen molar-refractivity contribution in [1.29, 1.82) is 0 Å². The normalized spacial score (nSPS) is 15.3. The number of benzene rings is 2. The fraction of sp³-hybridized carbons (Fsp3) is 0.227. The summed E-state index contributed by atoms with van der Waals surface area (Å²) < 4.78 is 6.05. The topological polar surface area (TPSA) is 130 Å². The SMILES string of the molecule is Nc1c(C(=O)N[C@@H]2CCCc3c(OCc4ccccc4)cccc32)[nH]c(=O)[nH]c1=O. The molecular formula is C22H22N4O4. The number of aromatic amines is 2. The molecule has 1 atom stereocenters. The molecule has 0 radical (unpaired) electrons. The van der Waals surface area contributed by atoms with Crippen LogP contribution >= 0.6 is 0 Å². The van der Waals surface area contributed by atoms with Crippen LogP contribution in [0.3, 0.4) is 0 Å². The molecule has 1 amide bonds. The van der Waals surface area contributed by atoms with Gasteiger partial charge >= 0.3 is 5.69 Å². The van der Waals surface area contributed by atoms with Crippen LogP contribution in [0.25, 0.3) is 0 Å². The quantitative estimate of drug-likeness (QED) is 0.515. The van der Waals surface area contributed by atoms with Gasteiger partial charge < -0.3 is 20.8 Å². The lowest BCUT2D eigenvalue weighted by molar-refractivity contribution is 0.0928. The zero-order chi connectivity index (χ0) is 21.1. The van der Waals surface area contributed by atoms with Gasteiger partial charge in [-0.3, -0.25) is 14.6 Å². The Morgan fingerprint density at radius 3 is 2.70 bits per heavy atom. The molecule has 8 nitrogen and oxygen atoms in total. The van der Waals surface area contributed by atoms with Crippen LogP contribution in [0.2, 0.25) is 0 Å². The summed E-state index contributed by atoms with van der Waals surface area (Å²) in [4.78, 5) is 40.2. The van der Waals surface area contributed by atoms with Gasteiger partial charge in [0, 0.05) is 0 Å². The molecule has 154 valence electrons. The zero-order valence-electron chi connectivity index (χ0n) is 16.2. The minimum atomic E-state index is -0.787. The first-order chi connectivity index (χ1) is 14.5. The average Bonchev–Trinajstić information content (AvgIpc) is 2.75. The summed E-state index contributed by atoms with van der Waals surface area (Å²) in [7, 11) is 0. The van der Waals surface area contributed by atoms with E-state index in [1.54, 1.807) is 0 Å². The molecule has 0 fully saturated rings. The Balaban J connectivity index is 1.56. The van der Waals surface area contributed by atoms with Gasteiger partial charge in [0.25, 0.3) is 11.5 Å². The van der Waals surface area contributed by atoms with Crippen molar-refractivity contribution in [1.82, 2.24) is 15.3 Å². The second kappa shape index (κ2) is 8.28. The summed E-state index contributed by atoms with van der Waals surface area (Å²) in [5, 5.41) is 2.89. The summed E-state index contributed by atoms with van der Waals surface area (Å²) >= 11 is 0. The second-order valence-corrected chi connectivity index (χ2v) is 7.21. The van der Waals surface area contributed by atoms with Crippen molar-refractivity contribution in [3.8, 4) is 5.75 Å². The number of carbonyl (C=O) groups excluding carboxylic acids is 1. The van der Waals surface area contributed by atoms with Crippen LogP contribution in [0, 0.1) is 0 Å². The standard InChI is InChI=1S/C22H22N4O4/c23-18-19(25-22(29)26-20(18)27)21(28)24-16-10-4-9-15-14(16)8-5-11-17(15)30-12-13-6-2-1-3-7-13/h1-3,5-8,11,16H,4,9-10,12,23H2,(H,24,28)(H2,25,26,27,29)/t16-/m1/s1. The van der Waals surface area contributed by atoms with Crippen LogP contribution in [-0.4, -0.2) is 15.9 Å². The van der Waals surface area contributed by atoms with E-state index in [1.807, 2.05) is 53.5 Å². The summed E-state index contributed by atoms with van der Waals surface area (Å²) in [5.41, 5.74) is 6.66. The monoisotopic (exact) mass is 406 g/mol. The summed E-state index contributed by atoms with van der Waals surface area (Å²) in [5.74, 6) is 0.198. The molecule has 2 aromatic carbocycles. The third-order valence-corrected chi connectivity index (χ3v) is 5.21. The molecule has 0 saturated carbocycles. The Kier molecular flexibility index (Phi) is 5.38. The fourth-order valence-electron chi connectivity index (χ4n) is 3.74. The lowest BCUT2D eigenvalue weighted by Crippen LogP contribution is -2.36. The third kappa shape index (κ3) is 3.98. The van der Waals surface area contributed by atoms with E-state index in [9.17, 15) is 14.4 Å². The number of nitrogens with two attached hydrogens (primary N) is 1. The van der Waals surface area contributed by atoms with Crippen LogP contribution in [0.5, 0.6) is 5.75 Å². The predicted molar refractivity (Wildman–Crippen MR) is 112 cm³/mol. The minimum Gasteiger partial charge on any atom is -0.489 e. The van der Waals surface area contributed by atoms with E-state index in [2.05, 4.69) is 10.3 Å². The van der Waals surface area contributed by atoms with Crippen molar-refractivity contribution >= 4 is 11.6 Å². The van der Waals surface area contributed by atoms with Crippen molar-refractivity contribution < 1.29 is 9.53 Å². The Morgan fingerprint density at radius 1 is 1.10 bits per heavy atom. The van der Waals surface area contributed by atoms with Crippen molar-refractivity contribution in [2.75, 3.05) is 5.73 Å². The molecule has 8 heteroatoms. The summed E-state index contributed by atoms with van der Waals surface area (Å²) in [6.45, 7) is 0.457. The minimum absolute atomic E-state index is 0.229. The Bertz CT molecular complexity index is 1180. The number of hydrogen-bond acceptors (Lipinski definition) is 5. The lowest BCUT2D eigenvalue weighted by atomic mass is 9.87. The van der Waals surface area contributed by atoms with Gasteiger partial charge in [-0.15, -0.1) is 0 Å². The largest absolute Gasteiger partial charge is 0.489 e.